The lowest BCUT2D eigenvalue weighted by Gasteiger charge is -2.37. The van der Waals surface area contributed by atoms with E-state index in [1.807, 2.05) is 12.1 Å². The molecule has 0 N–H and O–H groups in total. The van der Waals surface area contributed by atoms with Crippen LogP contribution in [0.1, 0.15) is 12.5 Å². The molecule has 0 saturated carbocycles. The van der Waals surface area contributed by atoms with Crippen molar-refractivity contribution >= 4 is 49.7 Å². The van der Waals surface area contributed by atoms with E-state index < -0.39 is 0 Å². The van der Waals surface area contributed by atoms with Gasteiger partial charge in [-0.1, -0.05) is 207 Å². The molecule has 1 heterocycles. The molecule has 1 aromatic heterocycles. The van der Waals surface area contributed by atoms with Crippen LogP contribution in [-0.4, -0.2) is 6.04 Å². The molecular formula is C65H47NO. The predicted octanol–water partition coefficient (Wildman–Crippen LogP) is 17.9. The number of allylic oxidation sites excluding steroid dienone is 2. The lowest BCUT2D eigenvalue weighted by atomic mass is 9.88. The van der Waals surface area contributed by atoms with Gasteiger partial charge >= 0.3 is 0 Å². The molecular weight excluding hydrogens is 811 g/mol. The van der Waals surface area contributed by atoms with E-state index >= 15 is 0 Å². The number of rotatable bonds is 9. The average Bonchev–Trinajstić information content (AvgIpc) is 3.78. The van der Waals surface area contributed by atoms with Crippen molar-refractivity contribution in [3.8, 4) is 55.6 Å². The van der Waals surface area contributed by atoms with Crippen LogP contribution in [0.2, 0.25) is 0 Å². The number of furan rings is 1. The Kier molecular flexibility index (Phi) is 10.3. The van der Waals surface area contributed by atoms with Gasteiger partial charge in [0.05, 0.1) is 6.04 Å². The smallest absolute Gasteiger partial charge is 0.136 e. The molecule has 318 valence electrons. The molecule has 67 heavy (non-hydrogen) atoms. The van der Waals surface area contributed by atoms with Gasteiger partial charge in [-0.25, -0.2) is 0 Å². The van der Waals surface area contributed by atoms with Crippen molar-refractivity contribution in [2.24, 2.45) is 5.92 Å². The van der Waals surface area contributed by atoms with E-state index in [9.17, 15) is 0 Å². The summed E-state index contributed by atoms with van der Waals surface area (Å²) in [7, 11) is 0. The number of anilines is 2. The minimum absolute atomic E-state index is 0.0802. The van der Waals surface area contributed by atoms with Gasteiger partial charge in [0.1, 0.15) is 11.2 Å². The Labute approximate surface area is 392 Å². The van der Waals surface area contributed by atoms with E-state index in [0.717, 1.165) is 38.9 Å². The molecule has 0 aliphatic heterocycles. The fourth-order valence-electron chi connectivity index (χ4n) is 10.1. The van der Waals surface area contributed by atoms with Gasteiger partial charge in [0.25, 0.3) is 0 Å². The second-order valence-corrected chi connectivity index (χ2v) is 17.7. The van der Waals surface area contributed by atoms with E-state index in [-0.39, 0.29) is 12.0 Å². The molecule has 2 unspecified atom stereocenters. The van der Waals surface area contributed by atoms with Gasteiger partial charge in [0.15, 0.2) is 0 Å². The highest BCUT2D eigenvalue weighted by atomic mass is 16.3. The van der Waals surface area contributed by atoms with Crippen molar-refractivity contribution in [1.29, 1.82) is 0 Å². The SMILES string of the molecule is CC1C=C(c2ccc3c(c2)oc2ccccc23)C=CC1N(c1ccc(-c2ccc(-c3cccc(-c4ccc5ccccc5c4)c3)cc2)cc1)c1ccc(-c2ccccc2-c2ccccc2)cc1. The summed E-state index contributed by atoms with van der Waals surface area (Å²) in [5, 5.41) is 4.81. The predicted molar refractivity (Wildman–Crippen MR) is 283 cm³/mol. The van der Waals surface area contributed by atoms with Crippen molar-refractivity contribution in [2.75, 3.05) is 4.90 Å². The van der Waals surface area contributed by atoms with Crippen LogP contribution in [0, 0.1) is 5.92 Å². The lowest BCUT2D eigenvalue weighted by Crippen LogP contribution is -2.35. The van der Waals surface area contributed by atoms with Gasteiger partial charge < -0.3 is 9.32 Å². The molecule has 0 spiro atoms. The van der Waals surface area contributed by atoms with Crippen LogP contribution in [0.5, 0.6) is 0 Å². The first-order valence-corrected chi connectivity index (χ1v) is 23.3. The molecule has 0 radical (unpaired) electrons. The fourth-order valence-corrected chi connectivity index (χ4v) is 10.1. The molecule has 1 aliphatic rings. The highest BCUT2D eigenvalue weighted by Crippen LogP contribution is 2.40. The maximum absolute atomic E-state index is 6.30. The molecule has 2 heteroatoms. The topological polar surface area (TPSA) is 16.4 Å². The van der Waals surface area contributed by atoms with Crippen LogP contribution >= 0.6 is 0 Å². The molecule has 0 fully saturated rings. The zero-order valence-corrected chi connectivity index (χ0v) is 37.3. The highest BCUT2D eigenvalue weighted by molar-refractivity contribution is 6.05. The monoisotopic (exact) mass is 857 g/mol. The number of fused-ring (bicyclic) bond motifs is 4. The molecule has 0 amide bonds. The minimum Gasteiger partial charge on any atom is -0.456 e. The third kappa shape index (κ3) is 7.73. The largest absolute Gasteiger partial charge is 0.456 e. The molecule has 0 saturated heterocycles. The van der Waals surface area contributed by atoms with Crippen LogP contribution in [0.3, 0.4) is 0 Å². The van der Waals surface area contributed by atoms with Crippen LogP contribution in [0.15, 0.2) is 259 Å². The molecule has 10 aromatic carbocycles. The van der Waals surface area contributed by atoms with Crippen LogP contribution < -0.4 is 4.90 Å². The first-order valence-electron chi connectivity index (χ1n) is 23.3. The molecule has 2 atom stereocenters. The van der Waals surface area contributed by atoms with Crippen molar-refractivity contribution < 1.29 is 4.42 Å². The summed E-state index contributed by atoms with van der Waals surface area (Å²) in [4.78, 5) is 2.50. The number of nitrogens with zero attached hydrogens (tertiary/aromatic N) is 1. The summed E-state index contributed by atoms with van der Waals surface area (Å²) in [5.41, 5.74) is 18.6. The number of para-hydroxylation sites is 1. The van der Waals surface area contributed by atoms with E-state index in [1.54, 1.807) is 0 Å². The van der Waals surface area contributed by atoms with Crippen molar-refractivity contribution in [2.45, 2.75) is 13.0 Å². The summed E-state index contributed by atoms with van der Waals surface area (Å²) in [6, 6.07) is 85.7. The fraction of sp³-hybridized carbons (Fsp3) is 0.0462. The minimum atomic E-state index is 0.0802. The number of hydrogen-bond donors (Lipinski definition) is 0. The Morgan fingerprint density at radius 3 is 1.58 bits per heavy atom. The lowest BCUT2D eigenvalue weighted by molar-refractivity contribution is 0.611. The van der Waals surface area contributed by atoms with Crippen LogP contribution in [0.4, 0.5) is 11.4 Å². The second-order valence-electron chi connectivity index (χ2n) is 17.7. The standard InChI is InChI=1S/C65H47NO/c1-44-40-54(56-32-38-62-61-20-9-10-21-64(61)67-65(62)43-56)33-39-63(44)66(58-36-30-50(31-37-58)60-19-8-7-18-59(60)49-13-3-2-4-14-49)57-34-28-47(29-35-57)46-22-24-48(25-23-46)52-16-11-17-53(41-52)55-27-26-45-12-5-6-15-51(45)42-55/h2-44,63H,1H3. The summed E-state index contributed by atoms with van der Waals surface area (Å²) in [6.07, 6.45) is 7.09. The molecule has 2 nitrogen and oxygen atoms in total. The molecule has 12 rings (SSSR count). The van der Waals surface area contributed by atoms with Gasteiger partial charge in [-0.3, -0.25) is 0 Å². The Balaban J connectivity index is 0.851. The van der Waals surface area contributed by atoms with Crippen molar-refractivity contribution in [3.63, 3.8) is 0 Å². The molecule has 0 bridgehead atoms. The maximum atomic E-state index is 6.30. The average molecular weight is 858 g/mol. The Morgan fingerprint density at radius 2 is 0.866 bits per heavy atom. The summed E-state index contributed by atoms with van der Waals surface area (Å²) in [5.74, 6) is 0.205. The Bertz CT molecular complexity index is 3630. The Morgan fingerprint density at radius 1 is 0.358 bits per heavy atom. The van der Waals surface area contributed by atoms with Crippen LogP contribution in [0.25, 0.3) is 93.9 Å². The van der Waals surface area contributed by atoms with Crippen molar-refractivity contribution in [1.82, 2.24) is 0 Å². The summed E-state index contributed by atoms with van der Waals surface area (Å²) in [6.45, 7) is 2.33. The normalized spacial score (nSPS) is 14.7. The van der Waals surface area contributed by atoms with E-state index in [1.165, 1.54) is 72.0 Å². The number of benzene rings is 10. The quantitative estimate of drug-likeness (QED) is 0.144. The summed E-state index contributed by atoms with van der Waals surface area (Å²) < 4.78 is 6.30. The zero-order chi connectivity index (χ0) is 44.7. The Hall–Kier alpha value is -8.46. The number of hydrogen-bond acceptors (Lipinski definition) is 2. The highest BCUT2D eigenvalue weighted by Gasteiger charge is 2.27. The third-order valence-electron chi connectivity index (χ3n) is 13.6. The maximum Gasteiger partial charge on any atom is 0.136 e. The van der Waals surface area contributed by atoms with Crippen molar-refractivity contribution in [3.05, 3.63) is 260 Å². The van der Waals surface area contributed by atoms with Crippen LogP contribution in [-0.2, 0) is 0 Å². The van der Waals surface area contributed by atoms with Gasteiger partial charge in [0.2, 0.25) is 0 Å². The van der Waals surface area contributed by atoms with E-state index in [0.29, 0.717) is 0 Å². The van der Waals surface area contributed by atoms with E-state index in [4.69, 9.17) is 4.42 Å². The second kappa shape index (κ2) is 17.2. The van der Waals surface area contributed by atoms with Gasteiger partial charge in [-0.05, 0) is 138 Å². The van der Waals surface area contributed by atoms with E-state index in [2.05, 4.69) is 255 Å². The first kappa shape index (κ1) is 40.1. The van der Waals surface area contributed by atoms with Gasteiger partial charge in [0, 0.05) is 22.1 Å². The zero-order valence-electron chi connectivity index (χ0n) is 37.3. The molecule has 1 aliphatic carbocycles. The van der Waals surface area contributed by atoms with Gasteiger partial charge in [-0.15, -0.1) is 0 Å². The molecule has 11 aromatic rings. The summed E-state index contributed by atoms with van der Waals surface area (Å²) >= 11 is 0. The first-order chi connectivity index (χ1) is 33.1. The third-order valence-corrected chi connectivity index (χ3v) is 13.6. The van der Waals surface area contributed by atoms with Gasteiger partial charge in [-0.2, -0.15) is 0 Å².